The lowest BCUT2D eigenvalue weighted by atomic mass is 10.0. The molecule has 0 saturated carbocycles. The van der Waals surface area contributed by atoms with Crippen molar-refractivity contribution in [3.63, 3.8) is 0 Å². The van der Waals surface area contributed by atoms with Crippen molar-refractivity contribution in [2.75, 3.05) is 7.11 Å². The number of hydrogen-bond acceptors (Lipinski definition) is 4. The summed E-state index contributed by atoms with van der Waals surface area (Å²) in [5.41, 5.74) is 0.190. The van der Waals surface area contributed by atoms with Crippen molar-refractivity contribution in [3.8, 4) is 17.6 Å². The number of hydrogen-bond donors (Lipinski definition) is 0. The molecule has 7 heteroatoms. The highest BCUT2D eigenvalue weighted by molar-refractivity contribution is 6.14. The molecule has 0 fully saturated rings. The van der Waals surface area contributed by atoms with Crippen molar-refractivity contribution in [1.29, 1.82) is 5.26 Å². The monoisotopic (exact) mass is 347 g/mol. The smallest absolute Gasteiger partial charge is 0.387 e. The molecule has 0 aliphatic heterocycles. The topological polar surface area (TPSA) is 59.3 Å². The summed E-state index contributed by atoms with van der Waals surface area (Å²) < 4.78 is 47.1. The first kappa shape index (κ1) is 18.1. The van der Waals surface area contributed by atoms with Gasteiger partial charge in [0.15, 0.2) is 11.5 Å². The number of ether oxygens (including phenoxy) is 2. The van der Waals surface area contributed by atoms with Crippen molar-refractivity contribution in [3.05, 3.63) is 65.0 Å². The van der Waals surface area contributed by atoms with Crippen LogP contribution in [-0.4, -0.2) is 19.5 Å². The lowest BCUT2D eigenvalue weighted by molar-refractivity contribution is -0.0512. The number of methoxy groups -OCH3 is 1. The molecule has 4 nitrogen and oxygen atoms in total. The molecule has 2 rings (SSSR count). The summed E-state index contributed by atoms with van der Waals surface area (Å²) in [7, 11) is 1.29. The van der Waals surface area contributed by atoms with E-state index in [9.17, 15) is 23.2 Å². The molecule has 0 N–H and O–H groups in total. The van der Waals surface area contributed by atoms with Gasteiger partial charge < -0.3 is 9.47 Å². The van der Waals surface area contributed by atoms with E-state index < -0.39 is 18.2 Å². The fourth-order valence-electron chi connectivity index (χ4n) is 2.04. The Balaban J connectivity index is 2.37. The maximum absolute atomic E-state index is 12.9. The zero-order valence-electron chi connectivity index (χ0n) is 13.0. The number of rotatable bonds is 6. The molecule has 0 aromatic heterocycles. The summed E-state index contributed by atoms with van der Waals surface area (Å²) in [4.78, 5) is 12.3. The number of Topliss-reactive ketones (excluding diaryl/α,β-unsaturated/α-hetero) is 1. The molecular formula is C18H12F3NO3. The second-order valence-electron chi connectivity index (χ2n) is 4.79. The predicted octanol–water partition coefficient (Wildman–Crippen LogP) is 4.23. The first-order valence-corrected chi connectivity index (χ1v) is 6.99. The Morgan fingerprint density at radius 2 is 1.84 bits per heavy atom. The van der Waals surface area contributed by atoms with Crippen molar-refractivity contribution < 1.29 is 27.4 Å². The van der Waals surface area contributed by atoms with E-state index in [2.05, 4.69) is 4.74 Å². The molecule has 2 aromatic rings. The summed E-state index contributed by atoms with van der Waals surface area (Å²) in [6, 6.07) is 10.5. The fourth-order valence-corrected chi connectivity index (χ4v) is 2.04. The molecule has 25 heavy (non-hydrogen) atoms. The van der Waals surface area contributed by atoms with E-state index in [0.717, 1.165) is 12.1 Å². The van der Waals surface area contributed by atoms with Gasteiger partial charge in [0, 0.05) is 5.56 Å². The second-order valence-corrected chi connectivity index (χ2v) is 4.79. The van der Waals surface area contributed by atoms with E-state index in [4.69, 9.17) is 4.74 Å². The van der Waals surface area contributed by atoms with E-state index in [1.165, 1.54) is 43.5 Å². The van der Waals surface area contributed by atoms with E-state index in [1.54, 1.807) is 6.07 Å². The third kappa shape index (κ3) is 4.61. The third-order valence-electron chi connectivity index (χ3n) is 3.19. The number of allylic oxidation sites excluding steroid dienone is 1. The number of carbonyl (C=O) groups excluding carboxylic acids is 1. The number of nitriles is 1. The highest BCUT2D eigenvalue weighted by atomic mass is 19.3. The molecule has 0 amide bonds. The summed E-state index contributed by atoms with van der Waals surface area (Å²) >= 11 is 0. The number of nitrogens with zero attached hydrogens (tertiary/aromatic N) is 1. The maximum atomic E-state index is 12.9. The van der Waals surface area contributed by atoms with Crippen LogP contribution >= 0.6 is 0 Å². The largest absolute Gasteiger partial charge is 0.493 e. The van der Waals surface area contributed by atoms with Crippen LogP contribution in [0.25, 0.3) is 6.08 Å². The molecule has 0 atom stereocenters. The van der Waals surface area contributed by atoms with Gasteiger partial charge in [-0.15, -0.1) is 0 Å². The van der Waals surface area contributed by atoms with Crippen LogP contribution in [0.15, 0.2) is 48.0 Å². The zero-order valence-corrected chi connectivity index (χ0v) is 13.0. The molecule has 0 heterocycles. The third-order valence-corrected chi connectivity index (χ3v) is 3.19. The van der Waals surface area contributed by atoms with E-state index >= 15 is 0 Å². The Hall–Kier alpha value is -3.27. The number of benzene rings is 2. The van der Waals surface area contributed by atoms with Gasteiger partial charge in [-0.1, -0.05) is 6.07 Å². The minimum Gasteiger partial charge on any atom is -0.493 e. The fraction of sp³-hybridized carbons (Fsp3) is 0.111. The highest BCUT2D eigenvalue weighted by Gasteiger charge is 2.14. The molecule has 0 aliphatic rings. The van der Waals surface area contributed by atoms with Gasteiger partial charge in [-0.3, -0.25) is 4.79 Å². The summed E-state index contributed by atoms with van der Waals surface area (Å²) in [5, 5.41) is 9.20. The average molecular weight is 347 g/mol. The van der Waals surface area contributed by atoms with E-state index in [0.29, 0.717) is 5.56 Å². The molecule has 0 unspecified atom stereocenters. The number of carbonyl (C=O) groups is 1. The Bertz CT molecular complexity index is 840. The van der Waals surface area contributed by atoms with Gasteiger partial charge in [-0.25, -0.2) is 4.39 Å². The molecule has 0 radical (unpaired) electrons. The van der Waals surface area contributed by atoms with Gasteiger partial charge in [0.05, 0.1) is 7.11 Å². The van der Waals surface area contributed by atoms with Crippen molar-refractivity contribution in [2.45, 2.75) is 6.61 Å². The SMILES string of the molecule is COc1ccc(/C=C(\C#N)C(=O)c2ccc(F)cc2)cc1OC(F)F. The molecule has 0 saturated heterocycles. The first-order chi connectivity index (χ1) is 11.9. The average Bonchev–Trinajstić information content (AvgIpc) is 2.59. The Kier molecular flexibility index (Phi) is 5.79. The molecule has 0 bridgehead atoms. The van der Waals surface area contributed by atoms with Gasteiger partial charge in [-0.05, 0) is 48.0 Å². The van der Waals surface area contributed by atoms with Crippen molar-refractivity contribution in [1.82, 2.24) is 0 Å². The van der Waals surface area contributed by atoms with Gasteiger partial charge in [0.25, 0.3) is 0 Å². The Morgan fingerprint density at radius 1 is 1.16 bits per heavy atom. The zero-order chi connectivity index (χ0) is 18.4. The first-order valence-electron chi connectivity index (χ1n) is 6.99. The minimum atomic E-state index is -3.05. The van der Waals surface area contributed by atoms with Gasteiger partial charge >= 0.3 is 6.61 Å². The van der Waals surface area contributed by atoms with Crippen LogP contribution in [-0.2, 0) is 0 Å². The Labute approximate surface area is 141 Å². The molecule has 0 aliphatic carbocycles. The van der Waals surface area contributed by atoms with Gasteiger partial charge in [-0.2, -0.15) is 14.0 Å². The van der Waals surface area contributed by atoms with E-state index in [1.807, 2.05) is 0 Å². The maximum Gasteiger partial charge on any atom is 0.387 e. The van der Waals surface area contributed by atoms with E-state index in [-0.39, 0.29) is 22.6 Å². The molecule has 0 spiro atoms. The van der Waals surface area contributed by atoms with Crippen LogP contribution in [0, 0.1) is 17.1 Å². The Morgan fingerprint density at radius 3 is 2.40 bits per heavy atom. The number of halogens is 3. The quantitative estimate of drug-likeness (QED) is 0.446. The van der Waals surface area contributed by atoms with Crippen LogP contribution in [0.2, 0.25) is 0 Å². The lowest BCUT2D eigenvalue weighted by Gasteiger charge is -2.10. The molecular weight excluding hydrogens is 335 g/mol. The van der Waals surface area contributed by atoms with Crippen LogP contribution in [0.4, 0.5) is 13.2 Å². The van der Waals surface area contributed by atoms with Crippen molar-refractivity contribution in [2.24, 2.45) is 0 Å². The van der Waals surface area contributed by atoms with Crippen LogP contribution in [0.1, 0.15) is 15.9 Å². The number of ketones is 1. The van der Waals surface area contributed by atoms with Crippen molar-refractivity contribution >= 4 is 11.9 Å². The summed E-state index contributed by atoms with van der Waals surface area (Å²) in [6.07, 6.45) is 1.23. The minimum absolute atomic E-state index is 0.0841. The second kappa shape index (κ2) is 8.02. The van der Waals surface area contributed by atoms with Gasteiger partial charge in [0.2, 0.25) is 5.78 Å². The molecule has 2 aromatic carbocycles. The van der Waals surface area contributed by atoms with Crippen LogP contribution in [0.5, 0.6) is 11.5 Å². The normalized spacial score (nSPS) is 11.1. The standard InChI is InChI=1S/C18H12F3NO3/c1-24-15-7-2-11(9-16(15)25-18(20)21)8-13(10-22)17(23)12-3-5-14(19)6-4-12/h2-9,18H,1H3/b13-8+. The predicted molar refractivity (Wildman–Crippen MR) is 83.9 cm³/mol. The highest BCUT2D eigenvalue weighted by Crippen LogP contribution is 2.30. The van der Waals surface area contributed by atoms with Gasteiger partial charge in [0.1, 0.15) is 17.5 Å². The molecule has 128 valence electrons. The lowest BCUT2D eigenvalue weighted by Crippen LogP contribution is -2.04. The van der Waals surface area contributed by atoms with Crippen LogP contribution in [0.3, 0.4) is 0 Å². The summed E-state index contributed by atoms with van der Waals surface area (Å²) in [6.45, 7) is -3.05. The summed E-state index contributed by atoms with van der Waals surface area (Å²) in [5.74, 6) is -1.27. The number of alkyl halides is 2. The van der Waals surface area contributed by atoms with Crippen LogP contribution < -0.4 is 9.47 Å².